The normalized spacial score (nSPS) is 11.7. The summed E-state index contributed by atoms with van der Waals surface area (Å²) in [6.45, 7) is 3.85. The molecule has 5 heteroatoms. The minimum atomic E-state index is -0.888. The second-order valence-electron chi connectivity index (χ2n) is 4.47. The van der Waals surface area contributed by atoms with Crippen molar-refractivity contribution in [2.45, 2.75) is 20.3 Å². The fourth-order valence-electron chi connectivity index (χ4n) is 1.78. The quantitative estimate of drug-likeness (QED) is 0.857. The van der Waals surface area contributed by atoms with E-state index in [4.69, 9.17) is 5.11 Å². The number of aryl methyl sites for hydroxylation is 1. The van der Waals surface area contributed by atoms with E-state index in [1.54, 1.807) is 14.0 Å². The Bertz CT molecular complexity index is 460. The van der Waals surface area contributed by atoms with Crippen LogP contribution in [0.15, 0.2) is 24.3 Å². The van der Waals surface area contributed by atoms with Gasteiger partial charge in [-0.3, -0.25) is 9.69 Å². The molecule has 104 valence electrons. The number of anilines is 1. The van der Waals surface area contributed by atoms with Crippen molar-refractivity contribution in [3.63, 3.8) is 0 Å². The van der Waals surface area contributed by atoms with Crippen LogP contribution in [0.5, 0.6) is 0 Å². The molecule has 0 bridgehead atoms. The smallest absolute Gasteiger partial charge is 0.321 e. The second-order valence-corrected chi connectivity index (χ2v) is 4.47. The Morgan fingerprint density at radius 2 is 2.00 bits per heavy atom. The van der Waals surface area contributed by atoms with Crippen LogP contribution in [-0.2, 0) is 4.79 Å². The second kappa shape index (κ2) is 6.78. The lowest BCUT2D eigenvalue weighted by Gasteiger charge is -2.21. The molecule has 0 aromatic heterocycles. The van der Waals surface area contributed by atoms with Crippen LogP contribution < -0.4 is 10.2 Å². The molecule has 0 aliphatic carbocycles. The van der Waals surface area contributed by atoms with Gasteiger partial charge in [0.25, 0.3) is 0 Å². The summed E-state index contributed by atoms with van der Waals surface area (Å²) in [5, 5.41) is 11.6. The van der Waals surface area contributed by atoms with Gasteiger partial charge in [-0.1, -0.05) is 25.1 Å². The number of hydrogen-bond acceptors (Lipinski definition) is 2. The molecular weight excluding hydrogens is 244 g/mol. The molecule has 2 amide bonds. The maximum absolute atomic E-state index is 12.0. The van der Waals surface area contributed by atoms with E-state index in [-0.39, 0.29) is 12.6 Å². The molecule has 2 N–H and O–H groups in total. The number of para-hydroxylation sites is 1. The Labute approximate surface area is 113 Å². The zero-order valence-corrected chi connectivity index (χ0v) is 11.5. The van der Waals surface area contributed by atoms with E-state index in [0.717, 1.165) is 11.3 Å². The third-order valence-corrected chi connectivity index (χ3v) is 3.12. The highest BCUT2D eigenvalue weighted by atomic mass is 16.4. The first-order chi connectivity index (χ1) is 8.97. The molecule has 0 saturated heterocycles. The first-order valence-electron chi connectivity index (χ1n) is 6.27. The maximum Gasteiger partial charge on any atom is 0.321 e. The van der Waals surface area contributed by atoms with Crippen molar-refractivity contribution in [3.05, 3.63) is 29.8 Å². The Hall–Kier alpha value is -2.04. The van der Waals surface area contributed by atoms with Gasteiger partial charge in [0, 0.05) is 19.3 Å². The summed E-state index contributed by atoms with van der Waals surface area (Å²) in [4.78, 5) is 24.3. The van der Waals surface area contributed by atoms with E-state index >= 15 is 0 Å². The first kappa shape index (κ1) is 15.0. The average Bonchev–Trinajstić information content (AvgIpc) is 2.38. The van der Waals surface area contributed by atoms with E-state index in [2.05, 4.69) is 5.32 Å². The van der Waals surface area contributed by atoms with Crippen LogP contribution in [0.4, 0.5) is 10.5 Å². The first-order valence-corrected chi connectivity index (χ1v) is 6.27. The molecule has 1 rings (SSSR count). The molecule has 0 fully saturated rings. The zero-order valence-electron chi connectivity index (χ0n) is 11.5. The average molecular weight is 264 g/mol. The van der Waals surface area contributed by atoms with E-state index in [1.165, 1.54) is 4.90 Å². The molecule has 0 spiro atoms. The molecule has 0 saturated carbocycles. The monoisotopic (exact) mass is 264 g/mol. The molecule has 0 aliphatic rings. The number of benzene rings is 1. The van der Waals surface area contributed by atoms with Gasteiger partial charge >= 0.3 is 12.0 Å². The highest BCUT2D eigenvalue weighted by Gasteiger charge is 2.18. The zero-order chi connectivity index (χ0) is 14.4. The molecular formula is C14H20N2O3. The van der Waals surface area contributed by atoms with Crippen LogP contribution in [0, 0.1) is 12.8 Å². The number of aliphatic carboxylic acids is 1. The molecule has 1 unspecified atom stereocenters. The van der Waals surface area contributed by atoms with E-state index < -0.39 is 11.9 Å². The standard InChI is InChI=1S/C14H20N2O3/c1-4-11(13(17)18)9-15-14(19)16(3)12-8-6-5-7-10(12)2/h5-8,11H,4,9H2,1-3H3,(H,15,19)(H,17,18). The van der Waals surface area contributed by atoms with Gasteiger partial charge in [-0.25, -0.2) is 4.79 Å². The number of urea groups is 1. The number of rotatable bonds is 5. The molecule has 0 heterocycles. The SMILES string of the molecule is CCC(CNC(=O)N(C)c1ccccc1C)C(=O)O. The van der Waals surface area contributed by atoms with E-state index in [0.29, 0.717) is 6.42 Å². The number of carbonyl (C=O) groups excluding carboxylic acids is 1. The Balaban J connectivity index is 2.64. The van der Waals surface area contributed by atoms with Gasteiger partial charge in [-0.15, -0.1) is 0 Å². The number of carboxylic acids is 1. The Morgan fingerprint density at radius 1 is 1.37 bits per heavy atom. The van der Waals surface area contributed by atoms with E-state index in [1.807, 2.05) is 31.2 Å². The van der Waals surface area contributed by atoms with Gasteiger partial charge in [0.2, 0.25) is 0 Å². The van der Waals surface area contributed by atoms with Crippen LogP contribution in [0.3, 0.4) is 0 Å². The van der Waals surface area contributed by atoms with Gasteiger partial charge in [0.1, 0.15) is 0 Å². The summed E-state index contributed by atoms with van der Waals surface area (Å²) in [6.07, 6.45) is 0.490. The number of nitrogens with zero attached hydrogens (tertiary/aromatic N) is 1. The number of amides is 2. The van der Waals surface area contributed by atoms with Crippen molar-refractivity contribution in [2.75, 3.05) is 18.5 Å². The van der Waals surface area contributed by atoms with E-state index in [9.17, 15) is 9.59 Å². The highest BCUT2D eigenvalue weighted by Crippen LogP contribution is 2.17. The topological polar surface area (TPSA) is 69.6 Å². The summed E-state index contributed by atoms with van der Waals surface area (Å²) >= 11 is 0. The van der Waals surface area contributed by atoms with Crippen molar-refractivity contribution in [1.29, 1.82) is 0 Å². The summed E-state index contributed by atoms with van der Waals surface area (Å²) in [5.41, 5.74) is 1.80. The maximum atomic E-state index is 12.0. The molecule has 1 aromatic rings. The van der Waals surface area contributed by atoms with Crippen molar-refractivity contribution in [1.82, 2.24) is 5.32 Å². The lowest BCUT2D eigenvalue weighted by atomic mass is 10.1. The van der Waals surface area contributed by atoms with Crippen LogP contribution >= 0.6 is 0 Å². The van der Waals surface area contributed by atoms with Crippen molar-refractivity contribution in [3.8, 4) is 0 Å². The summed E-state index contributed by atoms with van der Waals surface area (Å²) in [7, 11) is 1.67. The fourth-order valence-corrected chi connectivity index (χ4v) is 1.78. The number of hydrogen-bond donors (Lipinski definition) is 2. The number of carbonyl (C=O) groups is 2. The number of nitrogens with one attached hydrogen (secondary N) is 1. The highest BCUT2D eigenvalue weighted by molar-refractivity contribution is 5.92. The summed E-state index contributed by atoms with van der Waals surface area (Å²) in [5.74, 6) is -1.43. The molecule has 1 aromatic carbocycles. The largest absolute Gasteiger partial charge is 0.481 e. The Kier molecular flexibility index (Phi) is 5.36. The third-order valence-electron chi connectivity index (χ3n) is 3.12. The van der Waals surface area contributed by atoms with Gasteiger partial charge in [-0.05, 0) is 25.0 Å². The molecule has 0 aliphatic heterocycles. The van der Waals surface area contributed by atoms with Gasteiger partial charge in [0.05, 0.1) is 5.92 Å². The van der Waals surface area contributed by atoms with Gasteiger partial charge in [0.15, 0.2) is 0 Å². The van der Waals surface area contributed by atoms with Crippen LogP contribution in [0.1, 0.15) is 18.9 Å². The van der Waals surface area contributed by atoms with Crippen LogP contribution in [0.2, 0.25) is 0 Å². The van der Waals surface area contributed by atoms with Gasteiger partial charge in [-0.2, -0.15) is 0 Å². The predicted octanol–water partition coefficient (Wildman–Crippen LogP) is 2.25. The van der Waals surface area contributed by atoms with Crippen molar-refractivity contribution in [2.24, 2.45) is 5.92 Å². The minimum Gasteiger partial charge on any atom is -0.481 e. The minimum absolute atomic E-state index is 0.140. The number of carboxylic acid groups (broad SMARTS) is 1. The van der Waals surface area contributed by atoms with Crippen molar-refractivity contribution >= 4 is 17.7 Å². The Morgan fingerprint density at radius 3 is 2.53 bits per heavy atom. The molecule has 0 radical (unpaired) electrons. The summed E-state index contributed by atoms with van der Waals surface area (Å²) < 4.78 is 0. The summed E-state index contributed by atoms with van der Waals surface area (Å²) in [6, 6.07) is 7.24. The van der Waals surface area contributed by atoms with Crippen LogP contribution in [0.25, 0.3) is 0 Å². The lowest BCUT2D eigenvalue weighted by Crippen LogP contribution is -2.41. The predicted molar refractivity (Wildman–Crippen MR) is 74.4 cm³/mol. The fraction of sp³-hybridized carbons (Fsp3) is 0.429. The molecule has 1 atom stereocenters. The van der Waals surface area contributed by atoms with Crippen molar-refractivity contribution < 1.29 is 14.7 Å². The van der Waals surface area contributed by atoms with Crippen LogP contribution in [-0.4, -0.2) is 30.7 Å². The molecule has 5 nitrogen and oxygen atoms in total. The van der Waals surface area contributed by atoms with Gasteiger partial charge < -0.3 is 10.4 Å². The third kappa shape index (κ3) is 3.98. The lowest BCUT2D eigenvalue weighted by molar-refractivity contribution is -0.141. The molecule has 19 heavy (non-hydrogen) atoms.